The fourth-order valence-corrected chi connectivity index (χ4v) is 2.77. The number of hydrogen-bond donors (Lipinski definition) is 0. The normalized spacial score (nSPS) is 17.6. The molecule has 0 radical (unpaired) electrons. The molecule has 0 amide bonds. The quantitative estimate of drug-likeness (QED) is 0.796. The van der Waals surface area contributed by atoms with Gasteiger partial charge in [0.1, 0.15) is 11.4 Å². The molecule has 1 aliphatic rings. The number of benzene rings is 1. The van der Waals surface area contributed by atoms with Crippen molar-refractivity contribution in [2.24, 2.45) is 0 Å². The van der Waals surface area contributed by atoms with Crippen LogP contribution in [0.25, 0.3) is 0 Å². The van der Waals surface area contributed by atoms with E-state index >= 15 is 0 Å². The maximum atomic E-state index is 10.9. The van der Waals surface area contributed by atoms with E-state index in [1.165, 1.54) is 0 Å². The summed E-state index contributed by atoms with van der Waals surface area (Å²) in [4.78, 5) is 0. The van der Waals surface area contributed by atoms with Crippen LogP contribution in [0.3, 0.4) is 0 Å². The third-order valence-corrected chi connectivity index (χ3v) is 3.92. The van der Waals surface area contributed by atoms with Crippen molar-refractivity contribution in [1.82, 2.24) is 0 Å². The van der Waals surface area contributed by atoms with E-state index in [1.54, 1.807) is 0 Å². The lowest BCUT2D eigenvalue weighted by Crippen LogP contribution is -2.24. The van der Waals surface area contributed by atoms with Crippen molar-refractivity contribution in [3.63, 3.8) is 0 Å². The van der Waals surface area contributed by atoms with Crippen LogP contribution in [-0.2, 0) is 21.9 Å². The zero-order valence-corrected chi connectivity index (χ0v) is 11.4. The molecule has 0 spiro atoms. The van der Waals surface area contributed by atoms with Gasteiger partial charge in [-0.2, -0.15) is 0 Å². The van der Waals surface area contributed by atoms with Crippen LogP contribution >= 0.6 is 10.7 Å². The maximum Gasteiger partial charge on any atom is 0.232 e. The molecule has 17 heavy (non-hydrogen) atoms. The monoisotopic (exact) mass is 274 g/mol. The predicted molar refractivity (Wildman–Crippen MR) is 68.2 cm³/mol. The first-order valence-electron chi connectivity index (χ1n) is 5.48. The number of hydrogen-bond acceptors (Lipinski definition) is 3. The molecule has 94 valence electrons. The Morgan fingerprint density at radius 1 is 1.41 bits per heavy atom. The van der Waals surface area contributed by atoms with E-state index in [0.29, 0.717) is 6.42 Å². The molecule has 0 N–H and O–H groups in total. The second kappa shape index (κ2) is 4.18. The molecule has 1 aromatic rings. The summed E-state index contributed by atoms with van der Waals surface area (Å²) in [6.07, 6.45) is 1.29. The van der Waals surface area contributed by atoms with E-state index in [2.05, 4.69) is 0 Å². The second-order valence-electron chi connectivity index (χ2n) is 4.97. The number of ether oxygens (including phenoxy) is 1. The zero-order valence-electron chi connectivity index (χ0n) is 9.86. The van der Waals surface area contributed by atoms with Crippen LogP contribution < -0.4 is 4.74 Å². The van der Waals surface area contributed by atoms with Crippen molar-refractivity contribution in [2.45, 2.75) is 32.3 Å². The molecule has 0 fully saturated rings. The Morgan fingerprint density at radius 3 is 2.76 bits per heavy atom. The molecular formula is C12H15ClO3S. The Labute approximate surface area is 106 Å². The molecule has 0 unspecified atom stereocenters. The average Bonchev–Trinajstić information content (AvgIpc) is 2.46. The number of halogens is 1. The van der Waals surface area contributed by atoms with E-state index in [-0.39, 0.29) is 11.4 Å². The van der Waals surface area contributed by atoms with Crippen molar-refractivity contribution in [3.05, 3.63) is 29.3 Å². The van der Waals surface area contributed by atoms with E-state index in [1.807, 2.05) is 32.0 Å². The maximum absolute atomic E-state index is 10.9. The molecule has 0 aliphatic carbocycles. The van der Waals surface area contributed by atoms with Crippen molar-refractivity contribution >= 4 is 19.7 Å². The summed E-state index contributed by atoms with van der Waals surface area (Å²) in [5, 5.41) is 0. The van der Waals surface area contributed by atoms with Gasteiger partial charge >= 0.3 is 0 Å². The lowest BCUT2D eigenvalue weighted by molar-refractivity contribution is 0.138. The first-order valence-corrected chi connectivity index (χ1v) is 7.96. The summed E-state index contributed by atoms with van der Waals surface area (Å²) in [5.41, 5.74) is 1.95. The third kappa shape index (κ3) is 3.36. The highest BCUT2D eigenvalue weighted by Gasteiger charge is 2.29. The molecule has 0 bridgehead atoms. The molecule has 0 atom stereocenters. The first kappa shape index (κ1) is 12.7. The van der Waals surface area contributed by atoms with Crippen LogP contribution in [0.2, 0.25) is 0 Å². The Kier molecular flexibility index (Phi) is 3.12. The van der Waals surface area contributed by atoms with Gasteiger partial charge in [0.2, 0.25) is 9.05 Å². The lowest BCUT2D eigenvalue weighted by Gasteiger charge is -2.16. The fraction of sp³-hybridized carbons (Fsp3) is 0.500. The van der Waals surface area contributed by atoms with Crippen molar-refractivity contribution < 1.29 is 13.2 Å². The molecule has 0 saturated carbocycles. The number of fused-ring (bicyclic) bond motifs is 1. The number of aryl methyl sites for hydroxylation is 1. The van der Waals surface area contributed by atoms with Crippen LogP contribution in [0.1, 0.15) is 25.0 Å². The van der Waals surface area contributed by atoms with Gasteiger partial charge in [-0.1, -0.05) is 12.1 Å². The van der Waals surface area contributed by atoms with Crippen LogP contribution in [0, 0.1) is 0 Å². The van der Waals surface area contributed by atoms with Gasteiger partial charge < -0.3 is 4.74 Å². The highest BCUT2D eigenvalue weighted by molar-refractivity contribution is 8.13. The highest BCUT2D eigenvalue weighted by Crippen LogP contribution is 2.35. The Bertz CT molecular complexity index is 535. The smallest absolute Gasteiger partial charge is 0.232 e. The van der Waals surface area contributed by atoms with E-state index in [9.17, 15) is 8.42 Å². The Hall–Kier alpha value is -0.740. The Morgan fingerprint density at radius 2 is 2.12 bits per heavy atom. The predicted octanol–water partition coefficient (Wildman–Crippen LogP) is 2.51. The molecule has 1 heterocycles. The third-order valence-electron chi connectivity index (χ3n) is 2.76. The first-order chi connectivity index (χ1) is 7.75. The van der Waals surface area contributed by atoms with E-state index in [4.69, 9.17) is 15.4 Å². The van der Waals surface area contributed by atoms with Gasteiger partial charge in [0.05, 0.1) is 5.75 Å². The van der Waals surface area contributed by atoms with Crippen LogP contribution in [0.15, 0.2) is 18.2 Å². The van der Waals surface area contributed by atoms with Gasteiger partial charge in [0.15, 0.2) is 0 Å². The molecule has 1 aliphatic heterocycles. The summed E-state index contributed by atoms with van der Waals surface area (Å²) >= 11 is 0. The summed E-state index contributed by atoms with van der Waals surface area (Å²) in [6.45, 7) is 4.08. The van der Waals surface area contributed by atoms with E-state index < -0.39 is 9.05 Å². The van der Waals surface area contributed by atoms with Crippen molar-refractivity contribution in [2.75, 3.05) is 5.75 Å². The van der Waals surface area contributed by atoms with Gasteiger partial charge in [-0.05, 0) is 37.5 Å². The van der Waals surface area contributed by atoms with Gasteiger partial charge in [0, 0.05) is 17.1 Å². The molecule has 5 heteroatoms. The fourth-order valence-electron chi connectivity index (χ4n) is 2.06. The minimum Gasteiger partial charge on any atom is -0.487 e. The van der Waals surface area contributed by atoms with Gasteiger partial charge in [-0.3, -0.25) is 0 Å². The largest absolute Gasteiger partial charge is 0.487 e. The second-order valence-corrected chi connectivity index (χ2v) is 7.87. The Balaban J connectivity index is 2.14. The summed E-state index contributed by atoms with van der Waals surface area (Å²) in [7, 11) is 1.77. The van der Waals surface area contributed by atoms with Gasteiger partial charge in [-0.25, -0.2) is 8.42 Å². The highest BCUT2D eigenvalue weighted by atomic mass is 35.7. The minimum atomic E-state index is -3.42. The van der Waals surface area contributed by atoms with Crippen molar-refractivity contribution in [3.8, 4) is 5.75 Å². The molecule has 0 aromatic heterocycles. The van der Waals surface area contributed by atoms with Crippen LogP contribution in [0.5, 0.6) is 5.75 Å². The van der Waals surface area contributed by atoms with Gasteiger partial charge in [-0.15, -0.1) is 0 Å². The van der Waals surface area contributed by atoms with E-state index in [0.717, 1.165) is 23.3 Å². The van der Waals surface area contributed by atoms with Gasteiger partial charge in [0.25, 0.3) is 0 Å². The van der Waals surface area contributed by atoms with Crippen molar-refractivity contribution in [1.29, 1.82) is 0 Å². The van der Waals surface area contributed by atoms with Crippen LogP contribution in [-0.4, -0.2) is 19.8 Å². The molecule has 3 nitrogen and oxygen atoms in total. The zero-order chi connectivity index (χ0) is 12.7. The molecule has 0 saturated heterocycles. The SMILES string of the molecule is CC1(C)Cc2cc(CCS(=O)(=O)Cl)ccc2O1. The average molecular weight is 275 g/mol. The topological polar surface area (TPSA) is 43.4 Å². The summed E-state index contributed by atoms with van der Waals surface area (Å²) in [6, 6.07) is 5.80. The summed E-state index contributed by atoms with van der Waals surface area (Å²) in [5.74, 6) is 0.866. The van der Waals surface area contributed by atoms with Crippen LogP contribution in [0.4, 0.5) is 0 Å². The molecular weight excluding hydrogens is 260 g/mol. The molecule has 2 rings (SSSR count). The minimum absolute atomic E-state index is 0.0302. The number of rotatable bonds is 3. The summed E-state index contributed by atoms with van der Waals surface area (Å²) < 4.78 is 27.5. The standard InChI is InChI=1S/C12H15ClO3S/c1-12(2)8-10-7-9(3-4-11(10)16-12)5-6-17(13,14)15/h3-4,7H,5-6,8H2,1-2H3. The molecule has 1 aromatic carbocycles. The lowest BCUT2D eigenvalue weighted by atomic mass is 10.00.